The summed E-state index contributed by atoms with van der Waals surface area (Å²) in [5.41, 5.74) is 1.23. The van der Waals surface area contributed by atoms with Crippen LogP contribution in [0.1, 0.15) is 15.9 Å². The van der Waals surface area contributed by atoms with Crippen molar-refractivity contribution in [2.45, 2.75) is 11.7 Å². The zero-order chi connectivity index (χ0) is 14.5. The van der Waals surface area contributed by atoms with Gasteiger partial charge in [0.15, 0.2) is 5.78 Å². The predicted molar refractivity (Wildman–Crippen MR) is 81.3 cm³/mol. The van der Waals surface area contributed by atoms with E-state index in [1.807, 2.05) is 24.3 Å². The number of carbonyl (C=O) groups is 1. The first-order chi connectivity index (χ1) is 9.58. The van der Waals surface area contributed by atoms with E-state index in [4.69, 9.17) is 0 Å². The summed E-state index contributed by atoms with van der Waals surface area (Å²) in [6.45, 7) is 0. The Hall–Kier alpha value is -1.30. The molecular formula is C15H12BrO3S-. The molecule has 0 fully saturated rings. The van der Waals surface area contributed by atoms with E-state index in [0.717, 1.165) is 10.0 Å². The zero-order valence-electron chi connectivity index (χ0n) is 10.5. The molecule has 0 aromatic heterocycles. The Morgan fingerprint density at radius 3 is 2.25 bits per heavy atom. The fourth-order valence-electron chi connectivity index (χ4n) is 1.87. The van der Waals surface area contributed by atoms with Crippen molar-refractivity contribution in [1.82, 2.24) is 0 Å². The normalized spacial score (nSPS) is 13.7. The third-order valence-corrected chi connectivity index (χ3v) is 4.29. The van der Waals surface area contributed by atoms with Crippen molar-refractivity contribution in [3.8, 4) is 0 Å². The Morgan fingerprint density at radius 2 is 1.70 bits per heavy atom. The molecule has 0 aliphatic rings. The minimum atomic E-state index is -2.45. The zero-order valence-corrected chi connectivity index (χ0v) is 12.9. The van der Waals surface area contributed by atoms with Crippen LogP contribution in [0.5, 0.6) is 0 Å². The standard InChI is InChI=1S/C15H13BrO3S/c16-13-8-6-11(7-9-13)10-14(20(18)19)15(17)12-4-2-1-3-5-12/h1-9,14H,10H2,(H,18,19)/p-1. The van der Waals surface area contributed by atoms with Crippen molar-refractivity contribution < 1.29 is 13.6 Å². The lowest BCUT2D eigenvalue weighted by Crippen LogP contribution is -2.28. The van der Waals surface area contributed by atoms with Crippen LogP contribution in [0.15, 0.2) is 59.1 Å². The van der Waals surface area contributed by atoms with Crippen LogP contribution in [0.4, 0.5) is 0 Å². The summed E-state index contributed by atoms with van der Waals surface area (Å²) < 4.78 is 23.6. The van der Waals surface area contributed by atoms with Crippen molar-refractivity contribution in [3.05, 3.63) is 70.2 Å². The smallest absolute Gasteiger partial charge is 0.177 e. The van der Waals surface area contributed by atoms with E-state index in [1.54, 1.807) is 30.3 Å². The van der Waals surface area contributed by atoms with Crippen LogP contribution in [-0.4, -0.2) is 19.8 Å². The van der Waals surface area contributed by atoms with Gasteiger partial charge in [-0.1, -0.05) is 58.4 Å². The van der Waals surface area contributed by atoms with Crippen molar-refractivity contribution in [2.75, 3.05) is 0 Å². The van der Waals surface area contributed by atoms with Gasteiger partial charge < -0.3 is 4.55 Å². The Balaban J connectivity index is 2.21. The van der Waals surface area contributed by atoms with Gasteiger partial charge in [0, 0.05) is 10.0 Å². The molecule has 104 valence electrons. The monoisotopic (exact) mass is 351 g/mol. The summed E-state index contributed by atoms with van der Waals surface area (Å²) in [4.78, 5) is 12.3. The van der Waals surface area contributed by atoms with E-state index in [2.05, 4.69) is 15.9 Å². The SMILES string of the molecule is O=C(c1ccccc1)C(Cc1ccc(Br)cc1)S(=O)[O-]. The van der Waals surface area contributed by atoms with E-state index < -0.39 is 16.3 Å². The van der Waals surface area contributed by atoms with Gasteiger partial charge in [-0.25, -0.2) is 0 Å². The fourth-order valence-corrected chi connectivity index (χ4v) is 2.77. The number of benzene rings is 2. The van der Waals surface area contributed by atoms with Crippen molar-refractivity contribution >= 4 is 32.8 Å². The molecule has 2 atom stereocenters. The summed E-state index contributed by atoms with van der Waals surface area (Å²) in [5, 5.41) is -1.06. The summed E-state index contributed by atoms with van der Waals surface area (Å²) in [7, 11) is 0. The molecule has 2 rings (SSSR count). The molecule has 0 amide bonds. The van der Waals surface area contributed by atoms with Gasteiger partial charge in [-0.15, -0.1) is 0 Å². The third-order valence-electron chi connectivity index (χ3n) is 2.92. The first kappa shape index (κ1) is 15.1. The summed E-state index contributed by atoms with van der Waals surface area (Å²) in [6, 6.07) is 15.8. The average Bonchev–Trinajstić information content (AvgIpc) is 2.46. The number of carbonyl (C=O) groups excluding carboxylic acids is 1. The molecule has 2 aromatic rings. The highest BCUT2D eigenvalue weighted by molar-refractivity contribution is 9.10. The molecule has 20 heavy (non-hydrogen) atoms. The van der Waals surface area contributed by atoms with E-state index in [9.17, 15) is 13.6 Å². The van der Waals surface area contributed by atoms with E-state index in [1.165, 1.54) is 0 Å². The van der Waals surface area contributed by atoms with Gasteiger partial charge in [0.1, 0.15) is 0 Å². The number of hydrogen-bond donors (Lipinski definition) is 0. The second-order valence-electron chi connectivity index (χ2n) is 4.31. The first-order valence-electron chi connectivity index (χ1n) is 5.99. The van der Waals surface area contributed by atoms with Crippen molar-refractivity contribution in [2.24, 2.45) is 0 Å². The number of ketones is 1. The molecule has 0 heterocycles. The Morgan fingerprint density at radius 1 is 1.10 bits per heavy atom. The molecule has 0 saturated carbocycles. The minimum Gasteiger partial charge on any atom is -0.772 e. The highest BCUT2D eigenvalue weighted by Gasteiger charge is 2.21. The second-order valence-corrected chi connectivity index (χ2v) is 6.32. The lowest BCUT2D eigenvalue weighted by Gasteiger charge is -2.18. The van der Waals surface area contributed by atoms with E-state index in [-0.39, 0.29) is 12.2 Å². The lowest BCUT2D eigenvalue weighted by molar-refractivity contribution is 0.0985. The topological polar surface area (TPSA) is 57.2 Å². The summed E-state index contributed by atoms with van der Waals surface area (Å²) >= 11 is 0.867. The van der Waals surface area contributed by atoms with Gasteiger partial charge in [-0.05, 0) is 35.2 Å². The van der Waals surface area contributed by atoms with Gasteiger partial charge in [0.25, 0.3) is 0 Å². The van der Waals surface area contributed by atoms with Gasteiger partial charge in [0.2, 0.25) is 0 Å². The molecule has 0 radical (unpaired) electrons. The highest BCUT2D eigenvalue weighted by atomic mass is 79.9. The maximum atomic E-state index is 12.3. The molecule has 2 unspecified atom stereocenters. The number of hydrogen-bond acceptors (Lipinski definition) is 3. The molecule has 0 aliphatic heterocycles. The minimum absolute atomic E-state index is 0.178. The quantitative estimate of drug-likeness (QED) is 0.614. The van der Waals surface area contributed by atoms with Gasteiger partial charge in [-0.2, -0.15) is 0 Å². The van der Waals surface area contributed by atoms with Crippen LogP contribution in [0.3, 0.4) is 0 Å². The van der Waals surface area contributed by atoms with Gasteiger partial charge >= 0.3 is 0 Å². The maximum absolute atomic E-state index is 12.3. The highest BCUT2D eigenvalue weighted by Crippen LogP contribution is 2.16. The number of Topliss-reactive ketones (excluding diaryl/α,β-unsaturated/α-hetero) is 1. The summed E-state index contributed by atoms with van der Waals surface area (Å²) in [5.74, 6) is -0.373. The van der Waals surface area contributed by atoms with Crippen LogP contribution >= 0.6 is 15.9 Å². The number of halogens is 1. The van der Waals surface area contributed by atoms with Crippen LogP contribution in [-0.2, 0) is 17.5 Å². The summed E-state index contributed by atoms with van der Waals surface area (Å²) in [6.07, 6.45) is 0.178. The molecule has 0 N–H and O–H groups in total. The Kier molecular flexibility index (Phi) is 5.23. The molecule has 2 aromatic carbocycles. The van der Waals surface area contributed by atoms with Crippen molar-refractivity contribution in [3.63, 3.8) is 0 Å². The van der Waals surface area contributed by atoms with E-state index >= 15 is 0 Å². The molecule has 5 heteroatoms. The largest absolute Gasteiger partial charge is 0.772 e. The average molecular weight is 352 g/mol. The van der Waals surface area contributed by atoms with Crippen LogP contribution in [0.2, 0.25) is 0 Å². The van der Waals surface area contributed by atoms with Crippen LogP contribution < -0.4 is 0 Å². The second kappa shape index (κ2) is 6.92. The Bertz CT molecular complexity index is 611. The predicted octanol–water partition coefficient (Wildman–Crippen LogP) is 3.12. The molecule has 0 aliphatic carbocycles. The van der Waals surface area contributed by atoms with E-state index in [0.29, 0.717) is 5.56 Å². The van der Waals surface area contributed by atoms with Gasteiger partial charge in [-0.3, -0.25) is 9.00 Å². The molecule has 0 spiro atoms. The number of rotatable bonds is 5. The van der Waals surface area contributed by atoms with Crippen LogP contribution in [0, 0.1) is 0 Å². The maximum Gasteiger partial charge on any atom is 0.177 e. The fraction of sp³-hybridized carbons (Fsp3) is 0.133. The molecular weight excluding hydrogens is 340 g/mol. The molecule has 0 bridgehead atoms. The molecule has 3 nitrogen and oxygen atoms in total. The lowest BCUT2D eigenvalue weighted by atomic mass is 10.0. The third kappa shape index (κ3) is 3.85. The Labute approximate surface area is 128 Å². The molecule has 0 saturated heterocycles. The van der Waals surface area contributed by atoms with Gasteiger partial charge in [0.05, 0.1) is 5.25 Å². The first-order valence-corrected chi connectivity index (χ1v) is 7.93. The van der Waals surface area contributed by atoms with Crippen molar-refractivity contribution in [1.29, 1.82) is 0 Å². The van der Waals surface area contributed by atoms with Crippen LogP contribution in [0.25, 0.3) is 0 Å².